The third-order valence-corrected chi connectivity index (χ3v) is 3.31. The Morgan fingerprint density at radius 2 is 2.17 bits per heavy atom. The summed E-state index contributed by atoms with van der Waals surface area (Å²) in [7, 11) is 0. The number of carboxylic acids is 1. The molecule has 98 valence electrons. The van der Waals surface area contributed by atoms with Crippen LogP contribution in [0, 0.1) is 0 Å². The van der Waals surface area contributed by atoms with E-state index < -0.39 is 5.97 Å². The molecule has 0 aliphatic carbocycles. The summed E-state index contributed by atoms with van der Waals surface area (Å²) >= 11 is 0. The molecule has 1 aromatic carbocycles. The highest BCUT2D eigenvalue weighted by molar-refractivity contribution is 5.66. The van der Waals surface area contributed by atoms with Crippen molar-refractivity contribution in [2.24, 2.45) is 0 Å². The van der Waals surface area contributed by atoms with E-state index >= 15 is 0 Å². The largest absolute Gasteiger partial charge is 0.481 e. The first-order valence-electron chi connectivity index (χ1n) is 6.51. The van der Waals surface area contributed by atoms with Gasteiger partial charge in [0.25, 0.3) is 0 Å². The van der Waals surface area contributed by atoms with Crippen molar-refractivity contribution in [2.45, 2.75) is 25.3 Å². The van der Waals surface area contributed by atoms with Gasteiger partial charge in [-0.3, -0.25) is 4.79 Å². The predicted molar refractivity (Wildman–Crippen MR) is 71.9 cm³/mol. The molecule has 0 aromatic heterocycles. The number of nitrogens with zero attached hydrogens (tertiary/aromatic N) is 1. The SMILES string of the molecule is O=C(O)CCC1CN(c2ccccc2)CCCN1. The van der Waals surface area contributed by atoms with Crippen LogP contribution in [0.15, 0.2) is 30.3 Å². The fourth-order valence-electron chi connectivity index (χ4n) is 2.36. The van der Waals surface area contributed by atoms with Crippen molar-refractivity contribution in [3.05, 3.63) is 30.3 Å². The number of nitrogens with one attached hydrogen (secondary N) is 1. The second-order valence-electron chi connectivity index (χ2n) is 4.72. The quantitative estimate of drug-likeness (QED) is 0.852. The smallest absolute Gasteiger partial charge is 0.303 e. The highest BCUT2D eigenvalue weighted by Crippen LogP contribution is 2.16. The lowest BCUT2D eigenvalue weighted by Crippen LogP contribution is -2.38. The number of rotatable bonds is 4. The van der Waals surface area contributed by atoms with E-state index in [2.05, 4.69) is 22.3 Å². The zero-order chi connectivity index (χ0) is 12.8. The number of anilines is 1. The van der Waals surface area contributed by atoms with E-state index in [4.69, 9.17) is 5.11 Å². The number of hydrogen-bond donors (Lipinski definition) is 2. The van der Waals surface area contributed by atoms with Crippen molar-refractivity contribution in [1.29, 1.82) is 0 Å². The summed E-state index contributed by atoms with van der Waals surface area (Å²) in [6, 6.07) is 10.6. The molecule has 0 radical (unpaired) electrons. The molecule has 0 saturated carbocycles. The maximum Gasteiger partial charge on any atom is 0.303 e. The zero-order valence-corrected chi connectivity index (χ0v) is 10.5. The number of benzene rings is 1. The van der Waals surface area contributed by atoms with E-state index in [-0.39, 0.29) is 12.5 Å². The Kier molecular flexibility index (Phi) is 4.59. The fourth-order valence-corrected chi connectivity index (χ4v) is 2.36. The van der Waals surface area contributed by atoms with Crippen molar-refractivity contribution in [1.82, 2.24) is 5.32 Å². The van der Waals surface area contributed by atoms with Gasteiger partial charge in [0, 0.05) is 31.2 Å². The van der Waals surface area contributed by atoms with Crippen LogP contribution in [0.4, 0.5) is 5.69 Å². The molecule has 1 aromatic rings. The molecule has 0 spiro atoms. The molecule has 0 bridgehead atoms. The molecule has 1 unspecified atom stereocenters. The van der Waals surface area contributed by atoms with Crippen LogP contribution in [-0.4, -0.2) is 36.8 Å². The van der Waals surface area contributed by atoms with Gasteiger partial charge in [0.2, 0.25) is 0 Å². The first-order valence-corrected chi connectivity index (χ1v) is 6.51. The molecule has 1 heterocycles. The highest BCUT2D eigenvalue weighted by atomic mass is 16.4. The van der Waals surface area contributed by atoms with Crippen LogP contribution in [0.1, 0.15) is 19.3 Å². The van der Waals surface area contributed by atoms with Crippen LogP contribution >= 0.6 is 0 Å². The third-order valence-electron chi connectivity index (χ3n) is 3.31. The fraction of sp³-hybridized carbons (Fsp3) is 0.500. The Morgan fingerprint density at radius 1 is 1.39 bits per heavy atom. The van der Waals surface area contributed by atoms with Gasteiger partial charge in [-0.25, -0.2) is 0 Å². The molecule has 0 amide bonds. The summed E-state index contributed by atoms with van der Waals surface area (Å²) in [5.74, 6) is -0.715. The number of para-hydroxylation sites is 1. The van der Waals surface area contributed by atoms with Crippen LogP contribution in [0.3, 0.4) is 0 Å². The van der Waals surface area contributed by atoms with Crippen LogP contribution in [0.5, 0.6) is 0 Å². The summed E-state index contributed by atoms with van der Waals surface area (Å²) in [6.07, 6.45) is 2.03. The summed E-state index contributed by atoms with van der Waals surface area (Å²) in [5.41, 5.74) is 1.22. The van der Waals surface area contributed by atoms with E-state index in [1.807, 2.05) is 18.2 Å². The topological polar surface area (TPSA) is 52.6 Å². The Hall–Kier alpha value is -1.55. The van der Waals surface area contributed by atoms with Crippen LogP contribution < -0.4 is 10.2 Å². The summed E-state index contributed by atoms with van der Waals surface area (Å²) in [4.78, 5) is 13.0. The van der Waals surface area contributed by atoms with E-state index in [0.29, 0.717) is 6.42 Å². The second-order valence-corrected chi connectivity index (χ2v) is 4.72. The normalized spacial score (nSPS) is 20.4. The maximum atomic E-state index is 10.6. The minimum atomic E-state index is -0.715. The van der Waals surface area contributed by atoms with Gasteiger partial charge in [0.05, 0.1) is 0 Å². The van der Waals surface area contributed by atoms with Crippen molar-refractivity contribution in [3.8, 4) is 0 Å². The van der Waals surface area contributed by atoms with Gasteiger partial charge >= 0.3 is 5.97 Å². The van der Waals surface area contributed by atoms with Gasteiger partial charge in [-0.05, 0) is 31.5 Å². The molecule has 1 aliphatic rings. The average molecular weight is 248 g/mol. The lowest BCUT2D eigenvalue weighted by Gasteiger charge is -2.26. The molecular weight excluding hydrogens is 228 g/mol. The van der Waals surface area contributed by atoms with Crippen molar-refractivity contribution < 1.29 is 9.90 Å². The third kappa shape index (κ3) is 3.74. The summed E-state index contributed by atoms with van der Waals surface area (Å²) in [6.45, 7) is 2.88. The minimum absolute atomic E-state index is 0.236. The van der Waals surface area contributed by atoms with Crippen LogP contribution in [0.2, 0.25) is 0 Å². The number of carboxylic acid groups (broad SMARTS) is 1. The van der Waals surface area contributed by atoms with Gasteiger partial charge in [-0.15, -0.1) is 0 Å². The van der Waals surface area contributed by atoms with Crippen LogP contribution in [-0.2, 0) is 4.79 Å². The molecule has 18 heavy (non-hydrogen) atoms. The molecule has 2 rings (SSSR count). The van der Waals surface area contributed by atoms with Gasteiger partial charge in [-0.1, -0.05) is 18.2 Å². The first kappa shape index (κ1) is 12.9. The molecule has 2 N–H and O–H groups in total. The van der Waals surface area contributed by atoms with Crippen molar-refractivity contribution in [2.75, 3.05) is 24.5 Å². The molecular formula is C14H20N2O2. The monoisotopic (exact) mass is 248 g/mol. The molecule has 1 saturated heterocycles. The Bertz CT molecular complexity index is 381. The predicted octanol–water partition coefficient (Wildman–Crippen LogP) is 1.72. The van der Waals surface area contributed by atoms with E-state index in [1.165, 1.54) is 5.69 Å². The second kappa shape index (κ2) is 6.40. The highest BCUT2D eigenvalue weighted by Gasteiger charge is 2.18. The van der Waals surface area contributed by atoms with Gasteiger partial charge in [-0.2, -0.15) is 0 Å². The van der Waals surface area contributed by atoms with E-state index in [0.717, 1.165) is 26.1 Å². The standard InChI is InChI=1S/C14H20N2O2/c17-14(18)8-7-12-11-16(10-4-9-15-12)13-5-2-1-3-6-13/h1-3,5-6,12,15H,4,7-11H2,(H,17,18). The zero-order valence-electron chi connectivity index (χ0n) is 10.5. The lowest BCUT2D eigenvalue weighted by molar-refractivity contribution is -0.137. The van der Waals surface area contributed by atoms with Crippen molar-refractivity contribution >= 4 is 11.7 Å². The van der Waals surface area contributed by atoms with Crippen molar-refractivity contribution in [3.63, 3.8) is 0 Å². The molecule has 1 atom stereocenters. The van der Waals surface area contributed by atoms with E-state index in [9.17, 15) is 4.79 Å². The van der Waals surface area contributed by atoms with Crippen LogP contribution in [0.25, 0.3) is 0 Å². The average Bonchev–Trinajstić information content (AvgIpc) is 2.63. The van der Waals surface area contributed by atoms with Gasteiger partial charge in [0.15, 0.2) is 0 Å². The Morgan fingerprint density at radius 3 is 2.89 bits per heavy atom. The maximum absolute atomic E-state index is 10.6. The Labute approximate surface area is 108 Å². The molecule has 1 aliphatic heterocycles. The molecule has 1 fully saturated rings. The van der Waals surface area contributed by atoms with Gasteiger partial charge in [0.1, 0.15) is 0 Å². The minimum Gasteiger partial charge on any atom is -0.481 e. The summed E-state index contributed by atoms with van der Waals surface area (Å²) < 4.78 is 0. The molecule has 4 nitrogen and oxygen atoms in total. The number of carbonyl (C=O) groups is 1. The molecule has 4 heteroatoms. The van der Waals surface area contributed by atoms with E-state index in [1.54, 1.807) is 0 Å². The lowest BCUT2D eigenvalue weighted by atomic mass is 10.1. The number of aliphatic carboxylic acids is 1. The number of hydrogen-bond acceptors (Lipinski definition) is 3. The summed E-state index contributed by atoms with van der Waals surface area (Å²) in [5, 5.41) is 12.2. The van der Waals surface area contributed by atoms with Gasteiger partial charge < -0.3 is 15.3 Å². The Balaban J connectivity index is 1.97. The first-order chi connectivity index (χ1) is 8.75.